The first-order chi connectivity index (χ1) is 10.4. The van der Waals surface area contributed by atoms with Crippen LogP contribution in [0.1, 0.15) is 12.0 Å². The van der Waals surface area contributed by atoms with Crippen LogP contribution < -0.4 is 0 Å². The maximum absolute atomic E-state index is 13.6. The number of β-amino-alcohol motifs (C(OH)–C–C–N with tert-alkyl or cyclic N) is 1. The van der Waals surface area contributed by atoms with Gasteiger partial charge in [0.05, 0.1) is 12.6 Å². The van der Waals surface area contributed by atoms with Gasteiger partial charge in [-0.25, -0.2) is 9.18 Å². The van der Waals surface area contributed by atoms with Crippen LogP contribution in [0.2, 0.25) is 0 Å². The molecule has 22 heavy (non-hydrogen) atoms. The van der Waals surface area contributed by atoms with E-state index in [9.17, 15) is 19.1 Å². The minimum Gasteiger partial charge on any atom is -0.480 e. The first-order valence-corrected chi connectivity index (χ1v) is 7.00. The van der Waals surface area contributed by atoms with Crippen molar-refractivity contribution < 1.29 is 24.2 Å². The summed E-state index contributed by atoms with van der Waals surface area (Å²) in [6, 6.07) is 5.29. The monoisotopic (exact) mass is 310 g/mol. The Morgan fingerprint density at radius 1 is 1.41 bits per heavy atom. The molecule has 1 aliphatic rings. The Bertz CT molecular complexity index is 566. The highest BCUT2D eigenvalue weighted by molar-refractivity contribution is 5.85. The number of halogens is 1. The van der Waals surface area contributed by atoms with Gasteiger partial charge in [-0.2, -0.15) is 0 Å². The third kappa shape index (κ3) is 3.80. The summed E-state index contributed by atoms with van der Waals surface area (Å²) in [5.74, 6) is -1.86. The standard InChI is InChI=1S/C15H19FN2O4/c1-17(7-10-4-2-3-5-12(10)16)9-14(20)18-8-11(19)6-13(18)15(21)22/h2-5,11,13,19H,6-9H2,1H3,(H,21,22)/t11-,13+/m1/s1. The number of amides is 1. The van der Waals surface area contributed by atoms with Crippen LogP contribution in [0.4, 0.5) is 4.39 Å². The molecule has 0 spiro atoms. The molecule has 0 saturated carbocycles. The molecular formula is C15H19FN2O4. The quantitative estimate of drug-likeness (QED) is 0.818. The van der Waals surface area contributed by atoms with Crippen LogP contribution in [0.25, 0.3) is 0 Å². The second kappa shape index (κ2) is 6.85. The van der Waals surface area contributed by atoms with Gasteiger partial charge in [0.25, 0.3) is 0 Å². The Labute approximate surface area is 127 Å². The number of benzene rings is 1. The third-order valence-corrected chi connectivity index (χ3v) is 3.69. The smallest absolute Gasteiger partial charge is 0.326 e. The van der Waals surface area contributed by atoms with Crippen molar-refractivity contribution in [3.63, 3.8) is 0 Å². The van der Waals surface area contributed by atoms with Crippen molar-refractivity contribution in [2.24, 2.45) is 0 Å². The minimum absolute atomic E-state index is 0.0172. The highest BCUT2D eigenvalue weighted by Crippen LogP contribution is 2.19. The second-order valence-electron chi connectivity index (χ2n) is 5.55. The van der Waals surface area contributed by atoms with Crippen molar-refractivity contribution in [3.05, 3.63) is 35.6 Å². The van der Waals surface area contributed by atoms with Crippen molar-refractivity contribution in [3.8, 4) is 0 Å². The predicted molar refractivity (Wildman–Crippen MR) is 76.5 cm³/mol. The number of rotatable bonds is 5. The molecular weight excluding hydrogens is 291 g/mol. The van der Waals surface area contributed by atoms with Crippen LogP contribution in [0.3, 0.4) is 0 Å². The number of hydrogen-bond donors (Lipinski definition) is 2. The number of aliphatic carboxylic acids is 1. The van der Waals surface area contributed by atoms with E-state index in [0.29, 0.717) is 5.56 Å². The summed E-state index contributed by atoms with van der Waals surface area (Å²) in [6.07, 6.45) is -0.778. The fourth-order valence-corrected chi connectivity index (χ4v) is 2.62. The number of carbonyl (C=O) groups excluding carboxylic acids is 1. The molecule has 0 aliphatic carbocycles. The summed E-state index contributed by atoms with van der Waals surface area (Å²) in [5, 5.41) is 18.6. The van der Waals surface area contributed by atoms with E-state index in [1.54, 1.807) is 30.1 Å². The lowest BCUT2D eigenvalue weighted by atomic mass is 10.2. The number of hydrogen-bond acceptors (Lipinski definition) is 4. The largest absolute Gasteiger partial charge is 0.480 e. The molecule has 7 heteroatoms. The van der Waals surface area contributed by atoms with Crippen molar-refractivity contribution >= 4 is 11.9 Å². The lowest BCUT2D eigenvalue weighted by Gasteiger charge is -2.24. The molecule has 2 N–H and O–H groups in total. The van der Waals surface area contributed by atoms with Gasteiger partial charge in [-0.1, -0.05) is 18.2 Å². The molecule has 1 saturated heterocycles. The first kappa shape index (κ1) is 16.4. The highest BCUT2D eigenvalue weighted by Gasteiger charge is 2.38. The molecule has 120 valence electrons. The van der Waals surface area contributed by atoms with E-state index < -0.39 is 18.1 Å². The zero-order chi connectivity index (χ0) is 16.3. The van der Waals surface area contributed by atoms with Crippen molar-refractivity contribution in [1.82, 2.24) is 9.80 Å². The maximum atomic E-state index is 13.6. The fourth-order valence-electron chi connectivity index (χ4n) is 2.62. The number of aliphatic hydroxyl groups is 1. The molecule has 1 aromatic carbocycles. The number of carbonyl (C=O) groups is 2. The van der Waals surface area contributed by atoms with Crippen molar-refractivity contribution in [1.29, 1.82) is 0 Å². The summed E-state index contributed by atoms with van der Waals surface area (Å²) < 4.78 is 13.6. The SMILES string of the molecule is CN(CC(=O)N1C[C@H](O)C[C@H]1C(=O)O)Cc1ccccc1F. The lowest BCUT2D eigenvalue weighted by Crippen LogP contribution is -2.45. The molecule has 0 unspecified atom stereocenters. The zero-order valence-electron chi connectivity index (χ0n) is 12.3. The summed E-state index contributed by atoms with van der Waals surface area (Å²) in [6.45, 7) is 0.223. The van der Waals surface area contributed by atoms with Gasteiger partial charge in [-0.15, -0.1) is 0 Å². The normalized spacial score (nSPS) is 21.4. The number of nitrogens with zero attached hydrogens (tertiary/aromatic N) is 2. The molecule has 1 fully saturated rings. The number of carboxylic acid groups (broad SMARTS) is 1. The molecule has 0 bridgehead atoms. The van der Waals surface area contributed by atoms with Crippen LogP contribution >= 0.6 is 0 Å². The van der Waals surface area contributed by atoms with Crippen LogP contribution in [-0.2, 0) is 16.1 Å². The molecule has 2 rings (SSSR count). The van der Waals surface area contributed by atoms with E-state index in [1.165, 1.54) is 11.0 Å². The van der Waals surface area contributed by atoms with E-state index in [-0.39, 0.29) is 37.8 Å². The highest BCUT2D eigenvalue weighted by atomic mass is 19.1. The Morgan fingerprint density at radius 3 is 2.73 bits per heavy atom. The summed E-state index contributed by atoms with van der Waals surface area (Å²) in [7, 11) is 1.66. The van der Waals surface area contributed by atoms with Gasteiger partial charge in [0.15, 0.2) is 0 Å². The predicted octanol–water partition coefficient (Wildman–Crippen LogP) is 0.304. The van der Waals surface area contributed by atoms with E-state index in [0.717, 1.165) is 0 Å². The average molecular weight is 310 g/mol. The average Bonchev–Trinajstić information content (AvgIpc) is 2.84. The zero-order valence-corrected chi connectivity index (χ0v) is 12.3. The Balaban J connectivity index is 1.96. The minimum atomic E-state index is -1.12. The Hall–Kier alpha value is -1.99. The number of aliphatic hydroxyl groups excluding tert-OH is 1. The molecule has 2 atom stereocenters. The molecule has 1 aliphatic heterocycles. The number of likely N-dealkylation sites (tertiary alicyclic amines) is 1. The van der Waals surface area contributed by atoms with Gasteiger partial charge < -0.3 is 15.1 Å². The van der Waals surface area contributed by atoms with Gasteiger partial charge in [0.2, 0.25) is 5.91 Å². The Kier molecular flexibility index (Phi) is 5.10. The van der Waals surface area contributed by atoms with E-state index in [1.807, 2.05) is 0 Å². The summed E-state index contributed by atoms with van der Waals surface area (Å²) in [5.41, 5.74) is 0.467. The molecule has 6 nitrogen and oxygen atoms in total. The van der Waals surface area contributed by atoms with Crippen molar-refractivity contribution in [2.75, 3.05) is 20.1 Å². The molecule has 1 aromatic rings. The maximum Gasteiger partial charge on any atom is 0.326 e. The van der Waals surface area contributed by atoms with Gasteiger partial charge >= 0.3 is 5.97 Å². The third-order valence-electron chi connectivity index (χ3n) is 3.69. The number of likely N-dealkylation sites (N-methyl/N-ethyl adjacent to an activating group) is 1. The van der Waals surface area contributed by atoms with Gasteiger partial charge in [0.1, 0.15) is 11.9 Å². The van der Waals surface area contributed by atoms with Crippen LogP contribution in [0.15, 0.2) is 24.3 Å². The first-order valence-electron chi connectivity index (χ1n) is 7.00. The van der Waals surface area contributed by atoms with Crippen LogP contribution in [0, 0.1) is 5.82 Å². The fraction of sp³-hybridized carbons (Fsp3) is 0.467. The second-order valence-corrected chi connectivity index (χ2v) is 5.55. The molecule has 0 radical (unpaired) electrons. The van der Waals surface area contributed by atoms with Gasteiger partial charge in [0, 0.05) is 25.1 Å². The van der Waals surface area contributed by atoms with Crippen LogP contribution in [-0.4, -0.2) is 64.2 Å². The molecule has 0 aromatic heterocycles. The van der Waals surface area contributed by atoms with E-state index >= 15 is 0 Å². The molecule has 1 heterocycles. The summed E-state index contributed by atoms with van der Waals surface area (Å²) >= 11 is 0. The van der Waals surface area contributed by atoms with Gasteiger partial charge in [-0.05, 0) is 13.1 Å². The van der Waals surface area contributed by atoms with E-state index in [4.69, 9.17) is 5.11 Å². The van der Waals surface area contributed by atoms with Gasteiger partial charge in [-0.3, -0.25) is 9.69 Å². The summed E-state index contributed by atoms with van der Waals surface area (Å²) in [4.78, 5) is 26.1. The van der Waals surface area contributed by atoms with E-state index in [2.05, 4.69) is 0 Å². The topological polar surface area (TPSA) is 81.1 Å². The Morgan fingerprint density at radius 2 is 2.09 bits per heavy atom. The van der Waals surface area contributed by atoms with Crippen molar-refractivity contribution in [2.45, 2.75) is 25.1 Å². The number of carboxylic acids is 1. The lowest BCUT2D eigenvalue weighted by molar-refractivity contribution is -0.148. The molecule has 1 amide bonds. The van der Waals surface area contributed by atoms with Crippen LogP contribution in [0.5, 0.6) is 0 Å².